The molecule has 0 amide bonds. The molecule has 2 aliphatic rings. The van der Waals surface area contributed by atoms with Crippen LogP contribution in [0.15, 0.2) is 33.7 Å². The number of fused-ring (bicyclic) bond motifs is 1. The zero-order valence-corrected chi connectivity index (χ0v) is 10.5. The summed E-state index contributed by atoms with van der Waals surface area (Å²) in [7, 11) is 0. The molecule has 0 aromatic heterocycles. The van der Waals surface area contributed by atoms with E-state index in [2.05, 4.69) is 38.7 Å². The van der Waals surface area contributed by atoms with Crippen molar-refractivity contribution < 1.29 is 0 Å². The van der Waals surface area contributed by atoms with Crippen LogP contribution in [0.4, 0.5) is 0 Å². The normalized spacial score (nSPS) is 28.2. The quantitative estimate of drug-likeness (QED) is 0.818. The summed E-state index contributed by atoms with van der Waals surface area (Å²) >= 11 is 3.49. The van der Waals surface area contributed by atoms with E-state index in [4.69, 9.17) is 4.99 Å². The third-order valence-electron chi connectivity index (χ3n) is 3.16. The molecule has 3 nitrogen and oxygen atoms in total. The molecule has 0 radical (unpaired) electrons. The zero-order chi connectivity index (χ0) is 11.0. The average Bonchev–Trinajstić information content (AvgIpc) is 2.72. The maximum Gasteiger partial charge on any atom is 0.128 e. The first kappa shape index (κ1) is 10.3. The molecule has 0 saturated carbocycles. The molecule has 1 aromatic rings. The van der Waals surface area contributed by atoms with E-state index in [0.29, 0.717) is 12.1 Å². The van der Waals surface area contributed by atoms with Gasteiger partial charge in [0.15, 0.2) is 0 Å². The fourth-order valence-electron chi connectivity index (χ4n) is 2.32. The molecule has 0 bridgehead atoms. The van der Waals surface area contributed by atoms with Gasteiger partial charge < -0.3 is 10.6 Å². The summed E-state index contributed by atoms with van der Waals surface area (Å²) in [5, 5.41) is 6.90. The van der Waals surface area contributed by atoms with E-state index >= 15 is 0 Å². The first-order chi connectivity index (χ1) is 7.83. The van der Waals surface area contributed by atoms with Gasteiger partial charge in [-0.2, -0.15) is 0 Å². The van der Waals surface area contributed by atoms with Gasteiger partial charge in [-0.05, 0) is 25.1 Å². The van der Waals surface area contributed by atoms with Crippen molar-refractivity contribution in [2.45, 2.75) is 18.5 Å². The summed E-state index contributed by atoms with van der Waals surface area (Å²) in [5.41, 5.74) is 1.17. The van der Waals surface area contributed by atoms with Crippen molar-refractivity contribution in [2.75, 3.05) is 13.1 Å². The molecule has 1 fully saturated rings. The minimum atomic E-state index is 0.454. The Morgan fingerprint density at radius 1 is 1.38 bits per heavy atom. The molecule has 2 unspecified atom stereocenters. The van der Waals surface area contributed by atoms with Crippen molar-refractivity contribution in [3.05, 3.63) is 34.3 Å². The molecule has 2 N–H and O–H groups in total. The van der Waals surface area contributed by atoms with Crippen LogP contribution >= 0.6 is 15.9 Å². The van der Waals surface area contributed by atoms with Gasteiger partial charge >= 0.3 is 0 Å². The van der Waals surface area contributed by atoms with Crippen LogP contribution < -0.4 is 10.6 Å². The van der Waals surface area contributed by atoms with Crippen LogP contribution in [0.2, 0.25) is 0 Å². The van der Waals surface area contributed by atoms with Gasteiger partial charge in [-0.1, -0.05) is 28.1 Å². The van der Waals surface area contributed by atoms with Gasteiger partial charge in [-0.3, -0.25) is 4.99 Å². The Morgan fingerprint density at radius 3 is 3.12 bits per heavy atom. The van der Waals surface area contributed by atoms with Gasteiger partial charge in [0.25, 0.3) is 0 Å². The first-order valence-corrected chi connectivity index (χ1v) is 6.43. The highest BCUT2D eigenvalue weighted by atomic mass is 79.9. The van der Waals surface area contributed by atoms with Crippen LogP contribution in [0.5, 0.6) is 0 Å². The molecule has 0 aliphatic carbocycles. The van der Waals surface area contributed by atoms with Crippen LogP contribution in [0, 0.1) is 0 Å². The molecular weight excluding hydrogens is 266 g/mol. The monoisotopic (exact) mass is 279 g/mol. The summed E-state index contributed by atoms with van der Waals surface area (Å²) in [6.07, 6.45) is 1.13. The number of amidine groups is 1. The Kier molecular flexibility index (Phi) is 2.69. The van der Waals surface area contributed by atoms with E-state index in [1.54, 1.807) is 0 Å². The largest absolute Gasteiger partial charge is 0.364 e. The number of nitrogens with zero attached hydrogens (tertiary/aromatic N) is 1. The van der Waals surface area contributed by atoms with Crippen molar-refractivity contribution in [1.29, 1.82) is 0 Å². The molecule has 1 aromatic carbocycles. The van der Waals surface area contributed by atoms with Gasteiger partial charge in [0, 0.05) is 16.6 Å². The van der Waals surface area contributed by atoms with Crippen molar-refractivity contribution >= 4 is 21.8 Å². The van der Waals surface area contributed by atoms with Gasteiger partial charge in [0.05, 0.1) is 12.1 Å². The average molecular weight is 280 g/mol. The van der Waals surface area contributed by atoms with Crippen LogP contribution in [-0.4, -0.2) is 31.0 Å². The van der Waals surface area contributed by atoms with Gasteiger partial charge in [0.2, 0.25) is 0 Å². The first-order valence-electron chi connectivity index (χ1n) is 5.64. The predicted molar refractivity (Wildman–Crippen MR) is 68.9 cm³/mol. The summed E-state index contributed by atoms with van der Waals surface area (Å²) in [6, 6.07) is 9.22. The lowest BCUT2D eigenvalue weighted by atomic mass is 10.0. The minimum absolute atomic E-state index is 0.454. The third-order valence-corrected chi connectivity index (χ3v) is 3.65. The smallest absolute Gasteiger partial charge is 0.128 e. The third kappa shape index (κ3) is 1.87. The van der Waals surface area contributed by atoms with Crippen LogP contribution in [0.25, 0.3) is 0 Å². The van der Waals surface area contributed by atoms with Crippen LogP contribution in [-0.2, 0) is 0 Å². The highest BCUT2D eigenvalue weighted by Gasteiger charge is 2.30. The Labute approximate surface area is 103 Å². The number of benzene rings is 1. The van der Waals surface area contributed by atoms with Crippen molar-refractivity contribution in [3.8, 4) is 0 Å². The topological polar surface area (TPSA) is 36.4 Å². The van der Waals surface area contributed by atoms with Crippen LogP contribution in [0.3, 0.4) is 0 Å². The number of hydrogen-bond acceptors (Lipinski definition) is 3. The number of rotatable bonds is 1. The Balaban J connectivity index is 1.86. The lowest BCUT2D eigenvalue weighted by molar-refractivity contribution is 0.402. The van der Waals surface area contributed by atoms with Gasteiger partial charge in [-0.25, -0.2) is 0 Å². The van der Waals surface area contributed by atoms with Gasteiger partial charge in [-0.15, -0.1) is 0 Å². The molecular formula is C12H14BrN3. The van der Waals surface area contributed by atoms with E-state index in [9.17, 15) is 0 Å². The second kappa shape index (κ2) is 4.18. The molecule has 2 heterocycles. The van der Waals surface area contributed by atoms with E-state index in [1.165, 1.54) is 5.56 Å². The number of piperidine rings is 1. The van der Waals surface area contributed by atoms with E-state index < -0.39 is 0 Å². The molecule has 1 saturated heterocycles. The Hall–Kier alpha value is -0.870. The minimum Gasteiger partial charge on any atom is -0.364 e. The second-order valence-electron chi connectivity index (χ2n) is 4.30. The maximum absolute atomic E-state index is 4.77. The van der Waals surface area contributed by atoms with Crippen LogP contribution in [0.1, 0.15) is 12.0 Å². The molecule has 84 valence electrons. The lowest BCUT2D eigenvalue weighted by Crippen LogP contribution is -2.48. The van der Waals surface area contributed by atoms with E-state index in [0.717, 1.165) is 29.8 Å². The maximum atomic E-state index is 4.77. The summed E-state index contributed by atoms with van der Waals surface area (Å²) in [6.45, 7) is 2.10. The molecule has 4 heteroatoms. The summed E-state index contributed by atoms with van der Waals surface area (Å²) in [5.74, 6) is 1.04. The van der Waals surface area contributed by atoms with Crippen molar-refractivity contribution in [1.82, 2.24) is 10.6 Å². The Morgan fingerprint density at radius 2 is 2.31 bits per heavy atom. The zero-order valence-electron chi connectivity index (χ0n) is 8.91. The number of aliphatic imine (C=N–C) groups is 1. The standard InChI is InChI=1S/C12H14BrN3/c13-9-3-1-2-8(6-9)12-15-10-4-5-14-7-11(10)16-12/h1-3,6,10-11,14H,4-5,7H2,(H,15,16). The van der Waals surface area contributed by atoms with Gasteiger partial charge in [0.1, 0.15) is 5.84 Å². The molecule has 0 spiro atoms. The molecule has 16 heavy (non-hydrogen) atoms. The highest BCUT2D eigenvalue weighted by Crippen LogP contribution is 2.19. The number of nitrogens with one attached hydrogen (secondary N) is 2. The predicted octanol–water partition coefficient (Wildman–Crippen LogP) is 1.53. The van der Waals surface area contributed by atoms with E-state index in [-0.39, 0.29) is 0 Å². The molecule has 2 atom stereocenters. The fourth-order valence-corrected chi connectivity index (χ4v) is 2.72. The molecule has 3 rings (SSSR count). The highest BCUT2D eigenvalue weighted by molar-refractivity contribution is 9.10. The molecule has 2 aliphatic heterocycles. The lowest BCUT2D eigenvalue weighted by Gasteiger charge is -2.24. The second-order valence-corrected chi connectivity index (χ2v) is 5.21. The fraction of sp³-hybridized carbons (Fsp3) is 0.417. The number of hydrogen-bond donors (Lipinski definition) is 2. The summed E-state index contributed by atoms with van der Waals surface area (Å²) in [4.78, 5) is 4.77. The van der Waals surface area contributed by atoms with Crippen molar-refractivity contribution in [2.24, 2.45) is 4.99 Å². The Bertz CT molecular complexity index is 430. The van der Waals surface area contributed by atoms with E-state index in [1.807, 2.05) is 12.1 Å². The SMILES string of the molecule is Brc1cccc(C2=NC3CCNCC3N2)c1. The number of halogens is 1. The summed E-state index contributed by atoms with van der Waals surface area (Å²) < 4.78 is 1.10. The van der Waals surface area contributed by atoms with Crippen molar-refractivity contribution in [3.63, 3.8) is 0 Å².